The van der Waals surface area contributed by atoms with Gasteiger partial charge in [-0.05, 0) is 106 Å². The molecule has 0 saturated carbocycles. The van der Waals surface area contributed by atoms with E-state index < -0.39 is 0 Å². The third-order valence-corrected chi connectivity index (χ3v) is 8.03. The maximum absolute atomic E-state index is 6.58. The van der Waals surface area contributed by atoms with Crippen LogP contribution in [0.25, 0.3) is 22.3 Å². The molecule has 0 saturated heterocycles. The fourth-order valence-electron chi connectivity index (χ4n) is 5.42. The number of halogens is 1. The van der Waals surface area contributed by atoms with Crippen molar-refractivity contribution in [1.29, 1.82) is 0 Å². The highest BCUT2D eigenvalue weighted by Gasteiger charge is 2.41. The number of unbranched alkanes of at least 4 members (excludes halogenated alkanes) is 2. The molecule has 4 aromatic rings. The van der Waals surface area contributed by atoms with Gasteiger partial charge in [0.15, 0.2) is 0 Å². The zero-order valence-electron chi connectivity index (χ0n) is 20.6. The van der Waals surface area contributed by atoms with Crippen LogP contribution in [0.15, 0.2) is 85.2 Å². The number of hydrogen-bond acceptors (Lipinski definition) is 2. The first-order valence-electron chi connectivity index (χ1n) is 12.8. The molecule has 3 heteroatoms. The van der Waals surface area contributed by atoms with Gasteiger partial charge < -0.3 is 4.74 Å². The predicted octanol–water partition coefficient (Wildman–Crippen LogP) is 9.79. The fraction of sp³-hybridized carbons (Fsp3) is 0.281. The summed E-state index contributed by atoms with van der Waals surface area (Å²) >= 11 is 2.37. The molecule has 0 fully saturated rings. The van der Waals surface area contributed by atoms with Crippen molar-refractivity contribution in [2.75, 3.05) is 0 Å². The van der Waals surface area contributed by atoms with E-state index in [0.29, 0.717) is 0 Å². The molecular weight excluding hydrogens is 541 g/mol. The number of pyridine rings is 1. The molecular formula is C32H32INO. The summed E-state index contributed by atoms with van der Waals surface area (Å²) in [5, 5.41) is 0. The van der Waals surface area contributed by atoms with E-state index in [1.807, 2.05) is 12.4 Å². The standard InChI is InChI=1S/C32H32INO/c1-3-5-17-32(18-6-4-2)28-21-25(23-7-11-27(33)12-8-23)9-13-30(28)35-31-14-10-26(22-29(31)32)24-15-19-34-20-16-24/h7-16,19-22H,3-6,17-18H2,1-2H3. The van der Waals surface area contributed by atoms with Crippen LogP contribution in [0, 0.1) is 3.57 Å². The van der Waals surface area contributed by atoms with E-state index in [2.05, 4.69) is 114 Å². The summed E-state index contributed by atoms with van der Waals surface area (Å²) in [5.74, 6) is 2.01. The largest absolute Gasteiger partial charge is 0.457 e. The number of benzene rings is 3. The minimum atomic E-state index is -0.0583. The van der Waals surface area contributed by atoms with Gasteiger partial charge in [0, 0.05) is 32.5 Å². The topological polar surface area (TPSA) is 22.1 Å². The van der Waals surface area contributed by atoms with Crippen molar-refractivity contribution < 1.29 is 4.74 Å². The molecule has 5 rings (SSSR count). The van der Waals surface area contributed by atoms with E-state index in [4.69, 9.17) is 4.74 Å². The summed E-state index contributed by atoms with van der Waals surface area (Å²) in [5.41, 5.74) is 7.55. The predicted molar refractivity (Wildman–Crippen MR) is 154 cm³/mol. The van der Waals surface area contributed by atoms with Gasteiger partial charge in [-0.25, -0.2) is 0 Å². The highest BCUT2D eigenvalue weighted by atomic mass is 127. The van der Waals surface area contributed by atoms with Crippen molar-refractivity contribution in [3.63, 3.8) is 0 Å². The molecule has 0 bridgehead atoms. The average molecular weight is 574 g/mol. The summed E-state index contributed by atoms with van der Waals surface area (Å²) in [4.78, 5) is 4.22. The first-order chi connectivity index (χ1) is 17.1. The molecule has 2 nitrogen and oxygen atoms in total. The van der Waals surface area contributed by atoms with Gasteiger partial charge in [-0.2, -0.15) is 0 Å². The van der Waals surface area contributed by atoms with Crippen LogP contribution in [0.2, 0.25) is 0 Å². The Morgan fingerprint density at radius 1 is 0.657 bits per heavy atom. The lowest BCUT2D eigenvalue weighted by Crippen LogP contribution is -2.32. The Kier molecular flexibility index (Phi) is 7.24. The Hall–Kier alpha value is -2.66. The molecule has 0 aliphatic carbocycles. The molecule has 1 aliphatic heterocycles. The molecule has 0 spiro atoms. The molecule has 0 amide bonds. The van der Waals surface area contributed by atoms with Crippen LogP contribution in [-0.2, 0) is 5.41 Å². The number of fused-ring (bicyclic) bond motifs is 2. The minimum absolute atomic E-state index is 0.0583. The van der Waals surface area contributed by atoms with Crippen molar-refractivity contribution >= 4 is 22.6 Å². The Morgan fingerprint density at radius 2 is 1.14 bits per heavy atom. The molecule has 0 atom stereocenters. The van der Waals surface area contributed by atoms with Crippen molar-refractivity contribution in [3.05, 3.63) is 99.9 Å². The summed E-state index contributed by atoms with van der Waals surface area (Å²) < 4.78 is 7.84. The smallest absolute Gasteiger partial charge is 0.131 e. The van der Waals surface area contributed by atoms with Gasteiger partial charge in [0.25, 0.3) is 0 Å². The van der Waals surface area contributed by atoms with Gasteiger partial charge in [-0.15, -0.1) is 0 Å². The first-order valence-corrected chi connectivity index (χ1v) is 13.9. The molecule has 0 radical (unpaired) electrons. The van der Waals surface area contributed by atoms with E-state index in [-0.39, 0.29) is 5.41 Å². The number of aromatic nitrogens is 1. The van der Waals surface area contributed by atoms with Crippen LogP contribution in [-0.4, -0.2) is 4.98 Å². The van der Waals surface area contributed by atoms with Gasteiger partial charge in [0.2, 0.25) is 0 Å². The third-order valence-electron chi connectivity index (χ3n) is 7.32. The van der Waals surface area contributed by atoms with Crippen LogP contribution in [0.4, 0.5) is 0 Å². The lowest BCUT2D eigenvalue weighted by molar-refractivity contribution is 0.343. The molecule has 1 aromatic heterocycles. The van der Waals surface area contributed by atoms with Crippen molar-refractivity contribution in [2.45, 2.75) is 57.8 Å². The maximum Gasteiger partial charge on any atom is 0.131 e. The summed E-state index contributed by atoms with van der Waals surface area (Å²) in [6.45, 7) is 4.59. The normalized spacial score (nSPS) is 13.6. The lowest BCUT2D eigenvalue weighted by atomic mass is 9.65. The van der Waals surface area contributed by atoms with Crippen molar-refractivity contribution in [3.8, 4) is 33.8 Å². The summed E-state index contributed by atoms with van der Waals surface area (Å²) in [6, 6.07) is 26.6. The highest BCUT2D eigenvalue weighted by molar-refractivity contribution is 14.1. The van der Waals surface area contributed by atoms with Gasteiger partial charge in [-0.1, -0.05) is 63.8 Å². The third kappa shape index (κ3) is 4.75. The SMILES string of the molecule is CCCCC1(CCCC)c2cc(-c3ccncc3)ccc2Oc2ccc(-c3ccc(I)cc3)cc21. The summed E-state index contributed by atoms with van der Waals surface area (Å²) in [7, 11) is 0. The van der Waals surface area contributed by atoms with Crippen LogP contribution >= 0.6 is 22.6 Å². The molecule has 2 heterocycles. The second-order valence-corrected chi connectivity index (χ2v) is 10.8. The van der Waals surface area contributed by atoms with E-state index in [9.17, 15) is 0 Å². The van der Waals surface area contributed by atoms with E-state index in [1.54, 1.807) is 0 Å². The van der Waals surface area contributed by atoms with Gasteiger partial charge in [0.1, 0.15) is 11.5 Å². The number of rotatable bonds is 8. The average Bonchev–Trinajstić information content (AvgIpc) is 2.91. The van der Waals surface area contributed by atoms with Crippen molar-refractivity contribution in [1.82, 2.24) is 4.98 Å². The van der Waals surface area contributed by atoms with Gasteiger partial charge in [-0.3, -0.25) is 4.98 Å². The number of ether oxygens (including phenoxy) is 1. The van der Waals surface area contributed by atoms with Crippen LogP contribution < -0.4 is 4.74 Å². The molecule has 35 heavy (non-hydrogen) atoms. The van der Waals surface area contributed by atoms with E-state index >= 15 is 0 Å². The Balaban J connectivity index is 1.70. The quantitative estimate of drug-likeness (QED) is 0.196. The Bertz CT molecular complexity index is 1290. The lowest BCUT2D eigenvalue weighted by Gasteiger charge is -2.41. The molecule has 1 aliphatic rings. The second-order valence-electron chi connectivity index (χ2n) is 9.56. The zero-order chi connectivity index (χ0) is 24.3. The van der Waals surface area contributed by atoms with Gasteiger partial charge >= 0.3 is 0 Å². The van der Waals surface area contributed by atoms with E-state index in [1.165, 1.54) is 62.6 Å². The molecule has 3 aromatic carbocycles. The number of hydrogen-bond donors (Lipinski definition) is 0. The minimum Gasteiger partial charge on any atom is -0.457 e. The highest BCUT2D eigenvalue weighted by Crippen LogP contribution is 2.54. The monoisotopic (exact) mass is 573 g/mol. The second kappa shape index (κ2) is 10.5. The summed E-state index contributed by atoms with van der Waals surface area (Å²) in [6.07, 6.45) is 10.7. The molecule has 0 unspecified atom stereocenters. The zero-order valence-corrected chi connectivity index (χ0v) is 22.7. The van der Waals surface area contributed by atoms with Crippen LogP contribution in [0.1, 0.15) is 63.5 Å². The molecule has 178 valence electrons. The van der Waals surface area contributed by atoms with Crippen LogP contribution in [0.5, 0.6) is 11.5 Å². The Morgan fingerprint density at radius 3 is 1.66 bits per heavy atom. The van der Waals surface area contributed by atoms with Gasteiger partial charge in [0.05, 0.1) is 0 Å². The van der Waals surface area contributed by atoms with E-state index in [0.717, 1.165) is 24.3 Å². The number of nitrogens with zero attached hydrogens (tertiary/aromatic N) is 1. The van der Waals surface area contributed by atoms with Crippen LogP contribution in [0.3, 0.4) is 0 Å². The molecule has 0 N–H and O–H groups in total. The maximum atomic E-state index is 6.58. The Labute approximate surface area is 222 Å². The fourth-order valence-corrected chi connectivity index (χ4v) is 5.78. The first kappa shape index (κ1) is 24.1. The van der Waals surface area contributed by atoms with Crippen molar-refractivity contribution in [2.24, 2.45) is 0 Å².